The molecule has 1 aromatic carbocycles. The number of aromatic hydroxyl groups is 1. The molecule has 27 heavy (non-hydrogen) atoms. The maximum atomic E-state index is 12.1. The average Bonchev–Trinajstić information content (AvgIpc) is 2.67. The van der Waals surface area contributed by atoms with Crippen molar-refractivity contribution >= 4 is 5.78 Å². The molecule has 0 aromatic heterocycles. The normalized spacial score (nSPS) is 12.2. The van der Waals surface area contributed by atoms with E-state index in [0.29, 0.717) is 12.0 Å². The van der Waals surface area contributed by atoms with Gasteiger partial charge >= 0.3 is 0 Å². The summed E-state index contributed by atoms with van der Waals surface area (Å²) in [6, 6.07) is 6.61. The maximum Gasteiger partial charge on any atom is 0.166 e. The monoisotopic (exact) mass is 376 g/mol. The van der Waals surface area contributed by atoms with E-state index in [1.807, 2.05) is 0 Å². The van der Waals surface area contributed by atoms with E-state index >= 15 is 0 Å². The molecule has 1 atom stereocenters. The Kier molecular flexibility index (Phi) is 13.8. The van der Waals surface area contributed by atoms with Crippen LogP contribution in [0.1, 0.15) is 114 Å². The molecule has 0 aliphatic heterocycles. The third-order valence-corrected chi connectivity index (χ3v) is 5.30. The summed E-state index contributed by atoms with van der Waals surface area (Å²) in [5, 5.41) is 19.7. The number of aliphatic hydroxyl groups excluding tert-OH is 1. The lowest BCUT2D eigenvalue weighted by atomic mass is 10.00. The molecule has 0 fully saturated rings. The minimum absolute atomic E-state index is 0.0259. The molecule has 3 heteroatoms. The third kappa shape index (κ3) is 11.9. The summed E-state index contributed by atoms with van der Waals surface area (Å²) in [5.41, 5.74) is 0.357. The quantitative estimate of drug-likeness (QED) is 0.232. The van der Waals surface area contributed by atoms with Crippen LogP contribution in [0.2, 0.25) is 0 Å². The SMILES string of the molecule is CCCCCCCCCCCCCCC(O)CCC(=O)c1ccccc1O. The molecule has 0 bridgehead atoms. The molecule has 1 rings (SSSR count). The van der Waals surface area contributed by atoms with Gasteiger partial charge in [-0.05, 0) is 25.0 Å². The molecule has 2 N–H and O–H groups in total. The summed E-state index contributed by atoms with van der Waals surface area (Å²) in [5.74, 6) is -0.0696. The first-order valence-electron chi connectivity index (χ1n) is 11.1. The van der Waals surface area contributed by atoms with E-state index in [0.717, 1.165) is 12.8 Å². The zero-order valence-corrected chi connectivity index (χ0v) is 17.3. The van der Waals surface area contributed by atoms with Crippen LogP contribution in [0, 0.1) is 0 Å². The molecule has 0 saturated heterocycles. The molecule has 1 aromatic rings. The Balaban J connectivity index is 1.93. The Morgan fingerprint density at radius 3 is 1.89 bits per heavy atom. The van der Waals surface area contributed by atoms with Crippen molar-refractivity contribution in [2.24, 2.45) is 0 Å². The van der Waals surface area contributed by atoms with Crippen molar-refractivity contribution < 1.29 is 15.0 Å². The summed E-state index contributed by atoms with van der Waals surface area (Å²) in [6.45, 7) is 2.26. The van der Waals surface area contributed by atoms with Gasteiger partial charge in [-0.25, -0.2) is 0 Å². The van der Waals surface area contributed by atoms with Crippen molar-refractivity contribution in [3.8, 4) is 5.75 Å². The van der Waals surface area contributed by atoms with Crippen molar-refractivity contribution in [2.75, 3.05) is 0 Å². The minimum Gasteiger partial charge on any atom is -0.507 e. The van der Waals surface area contributed by atoms with Crippen LogP contribution in [0.5, 0.6) is 5.75 Å². The molecular formula is C24H40O3. The van der Waals surface area contributed by atoms with Gasteiger partial charge in [0.15, 0.2) is 5.78 Å². The standard InChI is InChI=1S/C24H40O3/c1-2-3-4-5-6-7-8-9-10-11-12-13-16-21(25)19-20-24(27)22-17-14-15-18-23(22)26/h14-15,17-18,21,25-26H,2-13,16,19-20H2,1H3. The highest BCUT2D eigenvalue weighted by molar-refractivity contribution is 5.98. The van der Waals surface area contributed by atoms with E-state index in [9.17, 15) is 15.0 Å². The molecule has 0 saturated carbocycles. The number of carbonyl (C=O) groups excluding carboxylic acids is 1. The van der Waals surface area contributed by atoms with Crippen molar-refractivity contribution in [3.05, 3.63) is 29.8 Å². The highest BCUT2D eigenvalue weighted by atomic mass is 16.3. The number of phenols is 1. The Morgan fingerprint density at radius 2 is 1.33 bits per heavy atom. The van der Waals surface area contributed by atoms with Crippen LogP contribution in [-0.4, -0.2) is 22.1 Å². The first-order valence-corrected chi connectivity index (χ1v) is 11.1. The van der Waals surface area contributed by atoms with E-state index in [2.05, 4.69) is 6.92 Å². The molecule has 0 amide bonds. The number of phenolic OH excluding ortho intramolecular Hbond substituents is 1. The van der Waals surface area contributed by atoms with Crippen molar-refractivity contribution in [3.63, 3.8) is 0 Å². The highest BCUT2D eigenvalue weighted by Crippen LogP contribution is 2.19. The van der Waals surface area contributed by atoms with Gasteiger partial charge in [0.25, 0.3) is 0 Å². The first kappa shape index (κ1) is 23.7. The van der Waals surface area contributed by atoms with Crippen LogP contribution in [-0.2, 0) is 0 Å². The zero-order valence-electron chi connectivity index (χ0n) is 17.3. The van der Waals surface area contributed by atoms with Crippen LogP contribution < -0.4 is 0 Å². The number of aliphatic hydroxyl groups is 1. The van der Waals surface area contributed by atoms with E-state index in [-0.39, 0.29) is 18.0 Å². The van der Waals surface area contributed by atoms with Gasteiger partial charge in [-0.3, -0.25) is 4.79 Å². The van der Waals surface area contributed by atoms with Gasteiger partial charge in [0.2, 0.25) is 0 Å². The second kappa shape index (κ2) is 15.7. The van der Waals surface area contributed by atoms with Crippen LogP contribution in [0.25, 0.3) is 0 Å². The number of Topliss-reactive ketones (excluding diaryl/α,β-unsaturated/α-hetero) is 1. The molecule has 0 aliphatic carbocycles. The molecule has 0 spiro atoms. The topological polar surface area (TPSA) is 57.5 Å². The van der Waals surface area contributed by atoms with E-state index in [4.69, 9.17) is 0 Å². The Morgan fingerprint density at radius 1 is 0.815 bits per heavy atom. The highest BCUT2D eigenvalue weighted by Gasteiger charge is 2.12. The number of carbonyl (C=O) groups is 1. The van der Waals surface area contributed by atoms with Gasteiger partial charge in [0.1, 0.15) is 5.75 Å². The van der Waals surface area contributed by atoms with E-state index in [1.165, 1.54) is 76.7 Å². The Hall–Kier alpha value is -1.35. The number of para-hydroxylation sites is 1. The van der Waals surface area contributed by atoms with Crippen molar-refractivity contribution in [2.45, 2.75) is 109 Å². The number of ketones is 1. The molecule has 154 valence electrons. The number of rotatable bonds is 17. The molecule has 0 heterocycles. The lowest BCUT2D eigenvalue weighted by molar-refractivity contribution is 0.0928. The minimum atomic E-state index is -0.414. The third-order valence-electron chi connectivity index (χ3n) is 5.30. The van der Waals surface area contributed by atoms with Crippen LogP contribution >= 0.6 is 0 Å². The smallest absolute Gasteiger partial charge is 0.166 e. The van der Waals surface area contributed by atoms with Crippen LogP contribution in [0.3, 0.4) is 0 Å². The lowest BCUT2D eigenvalue weighted by Gasteiger charge is -2.10. The predicted molar refractivity (Wildman–Crippen MR) is 113 cm³/mol. The number of hydrogen-bond donors (Lipinski definition) is 2. The predicted octanol–water partition coefficient (Wildman–Crippen LogP) is 6.81. The van der Waals surface area contributed by atoms with Crippen LogP contribution in [0.4, 0.5) is 0 Å². The van der Waals surface area contributed by atoms with Gasteiger partial charge in [0.05, 0.1) is 11.7 Å². The van der Waals surface area contributed by atoms with Crippen LogP contribution in [0.15, 0.2) is 24.3 Å². The summed E-state index contributed by atoms with van der Waals surface area (Å²) < 4.78 is 0. The largest absolute Gasteiger partial charge is 0.507 e. The fourth-order valence-electron chi connectivity index (χ4n) is 3.51. The zero-order chi connectivity index (χ0) is 19.7. The fourth-order valence-corrected chi connectivity index (χ4v) is 3.51. The number of hydrogen-bond acceptors (Lipinski definition) is 3. The molecule has 0 radical (unpaired) electrons. The fraction of sp³-hybridized carbons (Fsp3) is 0.708. The Labute approximate surface area is 166 Å². The summed E-state index contributed by atoms with van der Waals surface area (Å²) in [7, 11) is 0. The first-order chi connectivity index (χ1) is 13.1. The molecule has 0 aliphatic rings. The lowest BCUT2D eigenvalue weighted by Crippen LogP contribution is -2.10. The van der Waals surface area contributed by atoms with Crippen molar-refractivity contribution in [1.82, 2.24) is 0 Å². The van der Waals surface area contributed by atoms with Gasteiger partial charge in [-0.2, -0.15) is 0 Å². The second-order valence-corrected chi connectivity index (χ2v) is 7.81. The molecule has 3 nitrogen and oxygen atoms in total. The average molecular weight is 377 g/mol. The molecular weight excluding hydrogens is 336 g/mol. The van der Waals surface area contributed by atoms with E-state index in [1.54, 1.807) is 18.2 Å². The summed E-state index contributed by atoms with van der Waals surface area (Å²) in [4.78, 5) is 12.1. The maximum absolute atomic E-state index is 12.1. The van der Waals surface area contributed by atoms with Gasteiger partial charge in [-0.15, -0.1) is 0 Å². The second-order valence-electron chi connectivity index (χ2n) is 7.81. The van der Waals surface area contributed by atoms with Crippen molar-refractivity contribution in [1.29, 1.82) is 0 Å². The van der Waals surface area contributed by atoms with Gasteiger partial charge < -0.3 is 10.2 Å². The Bertz CT molecular complexity index is 498. The van der Waals surface area contributed by atoms with Gasteiger partial charge in [0, 0.05) is 6.42 Å². The molecule has 1 unspecified atom stereocenters. The summed E-state index contributed by atoms with van der Waals surface area (Å²) in [6.07, 6.45) is 16.9. The number of benzene rings is 1. The van der Waals surface area contributed by atoms with Gasteiger partial charge in [-0.1, -0.05) is 96.1 Å². The number of unbranched alkanes of at least 4 members (excludes halogenated alkanes) is 11. The summed E-state index contributed by atoms with van der Waals surface area (Å²) >= 11 is 0. The van der Waals surface area contributed by atoms with E-state index < -0.39 is 6.10 Å².